The lowest BCUT2D eigenvalue weighted by molar-refractivity contribution is 0.0621. The van der Waals surface area contributed by atoms with Crippen molar-refractivity contribution in [2.75, 3.05) is 13.7 Å². The third kappa shape index (κ3) is 2.74. The zero-order chi connectivity index (χ0) is 14.7. The van der Waals surface area contributed by atoms with Crippen LogP contribution in [0.1, 0.15) is 15.9 Å². The van der Waals surface area contributed by atoms with Gasteiger partial charge in [0.25, 0.3) is 0 Å². The number of esters is 1. The largest absolute Gasteiger partial charge is 0.496 e. The zero-order valence-electron chi connectivity index (χ0n) is 11.5. The second kappa shape index (κ2) is 5.71. The molecule has 2 aromatic carbocycles. The molecule has 2 aromatic rings. The molecule has 0 aliphatic carbocycles. The van der Waals surface area contributed by atoms with Gasteiger partial charge in [-0.25, -0.2) is 4.79 Å². The fourth-order valence-corrected chi connectivity index (χ4v) is 2.14. The highest BCUT2D eigenvalue weighted by Gasteiger charge is 2.20. The van der Waals surface area contributed by atoms with Gasteiger partial charge >= 0.3 is 5.97 Å². The van der Waals surface area contributed by atoms with E-state index in [9.17, 15) is 4.79 Å². The number of fused-ring (bicyclic) bond motifs is 1. The number of cyclic esters (lactones) is 1. The molecule has 1 aliphatic heterocycles. The summed E-state index contributed by atoms with van der Waals surface area (Å²) in [5, 5.41) is 0. The van der Waals surface area contributed by atoms with Crippen molar-refractivity contribution in [3.63, 3.8) is 0 Å². The van der Waals surface area contributed by atoms with Gasteiger partial charge in [0.15, 0.2) is 0 Å². The number of benzene rings is 2. The maximum Gasteiger partial charge on any atom is 0.347 e. The van der Waals surface area contributed by atoms with E-state index in [0.717, 1.165) is 5.56 Å². The molecule has 4 heteroatoms. The number of hydrogen-bond acceptors (Lipinski definition) is 4. The first-order valence-corrected chi connectivity index (χ1v) is 6.55. The van der Waals surface area contributed by atoms with Crippen molar-refractivity contribution < 1.29 is 19.0 Å². The van der Waals surface area contributed by atoms with E-state index in [1.807, 2.05) is 30.3 Å². The van der Waals surface area contributed by atoms with E-state index >= 15 is 0 Å². The van der Waals surface area contributed by atoms with Crippen molar-refractivity contribution in [2.45, 2.75) is 0 Å². The van der Waals surface area contributed by atoms with Crippen molar-refractivity contribution in [3.8, 4) is 11.5 Å². The predicted molar refractivity (Wildman–Crippen MR) is 78.3 cm³/mol. The average Bonchev–Trinajstić information content (AvgIpc) is 2.68. The first-order chi connectivity index (χ1) is 10.3. The van der Waals surface area contributed by atoms with Crippen LogP contribution in [0.2, 0.25) is 0 Å². The number of carbonyl (C=O) groups is 1. The molecule has 0 fully saturated rings. The molecule has 106 valence electrons. The van der Waals surface area contributed by atoms with Gasteiger partial charge in [0, 0.05) is 5.56 Å². The minimum Gasteiger partial charge on any atom is -0.496 e. The first kappa shape index (κ1) is 13.2. The normalized spacial score (nSPS) is 15.7. The molecule has 0 amide bonds. The van der Waals surface area contributed by atoms with Gasteiger partial charge in [0.1, 0.15) is 29.4 Å². The summed E-state index contributed by atoms with van der Waals surface area (Å²) in [4.78, 5) is 12.1. The van der Waals surface area contributed by atoms with Crippen LogP contribution in [0.25, 0.3) is 6.08 Å². The predicted octanol–water partition coefficient (Wildman–Crippen LogP) is 3.29. The molecule has 1 aliphatic rings. The Morgan fingerprint density at radius 3 is 2.71 bits per heavy atom. The minimum absolute atomic E-state index is 0.195. The molecule has 0 spiro atoms. The molecule has 1 heterocycles. The van der Waals surface area contributed by atoms with Gasteiger partial charge in [-0.1, -0.05) is 30.3 Å². The van der Waals surface area contributed by atoms with Crippen molar-refractivity contribution >= 4 is 12.0 Å². The lowest BCUT2D eigenvalue weighted by atomic mass is 10.2. The Bertz CT molecular complexity index is 703. The molecule has 0 saturated heterocycles. The van der Waals surface area contributed by atoms with Crippen LogP contribution in [0.5, 0.6) is 11.5 Å². The highest BCUT2D eigenvalue weighted by molar-refractivity contribution is 5.93. The molecule has 4 nitrogen and oxygen atoms in total. The Balaban J connectivity index is 1.92. The fraction of sp³-hybridized carbons (Fsp3) is 0.118. The first-order valence-electron chi connectivity index (χ1n) is 6.55. The minimum atomic E-state index is -0.413. The van der Waals surface area contributed by atoms with Crippen LogP contribution < -0.4 is 9.47 Å². The Kier molecular flexibility index (Phi) is 3.60. The highest BCUT2D eigenvalue weighted by atomic mass is 16.6. The van der Waals surface area contributed by atoms with E-state index in [1.165, 1.54) is 0 Å². The Morgan fingerprint density at radius 2 is 1.86 bits per heavy atom. The van der Waals surface area contributed by atoms with Crippen LogP contribution in [0.15, 0.2) is 54.3 Å². The number of methoxy groups -OCH3 is 1. The van der Waals surface area contributed by atoms with Crippen LogP contribution in [-0.2, 0) is 4.74 Å². The zero-order valence-corrected chi connectivity index (χ0v) is 11.5. The van der Waals surface area contributed by atoms with Gasteiger partial charge in [-0.2, -0.15) is 0 Å². The van der Waals surface area contributed by atoms with Crippen LogP contribution in [0.3, 0.4) is 0 Å². The molecule has 0 saturated carbocycles. The quantitative estimate of drug-likeness (QED) is 0.793. The van der Waals surface area contributed by atoms with Gasteiger partial charge in [0.05, 0.1) is 7.11 Å². The molecule has 0 bridgehead atoms. The second-order valence-electron chi connectivity index (χ2n) is 4.53. The SMILES string of the molecule is COc1ccccc1/C=C1\COc2ccccc2C(=O)O1. The van der Waals surface area contributed by atoms with Crippen molar-refractivity contribution in [1.82, 2.24) is 0 Å². The van der Waals surface area contributed by atoms with Crippen molar-refractivity contribution in [3.05, 3.63) is 65.4 Å². The smallest absolute Gasteiger partial charge is 0.347 e. The van der Waals surface area contributed by atoms with Gasteiger partial charge in [-0.15, -0.1) is 0 Å². The molecule has 3 rings (SSSR count). The van der Waals surface area contributed by atoms with Gasteiger partial charge in [-0.05, 0) is 24.3 Å². The standard InChI is InChI=1S/C17H14O4/c1-19-15-8-4-2-6-12(15)10-13-11-20-16-9-5-3-7-14(16)17(18)21-13/h2-10H,11H2,1H3/b13-10+. The highest BCUT2D eigenvalue weighted by Crippen LogP contribution is 2.26. The third-order valence-corrected chi connectivity index (χ3v) is 3.16. The number of rotatable bonds is 2. The van der Waals surface area contributed by atoms with Gasteiger partial charge in [-0.3, -0.25) is 0 Å². The number of para-hydroxylation sites is 2. The summed E-state index contributed by atoms with van der Waals surface area (Å²) in [5.41, 5.74) is 1.26. The number of hydrogen-bond donors (Lipinski definition) is 0. The Morgan fingerprint density at radius 1 is 1.10 bits per heavy atom. The summed E-state index contributed by atoms with van der Waals surface area (Å²) in [5.74, 6) is 1.28. The summed E-state index contributed by atoms with van der Waals surface area (Å²) in [6.45, 7) is 0.195. The molecule has 0 unspecified atom stereocenters. The summed E-state index contributed by atoms with van der Waals surface area (Å²) < 4.78 is 16.3. The lowest BCUT2D eigenvalue weighted by Gasteiger charge is -2.07. The fourth-order valence-electron chi connectivity index (χ4n) is 2.14. The van der Waals surface area contributed by atoms with Crippen LogP contribution in [0, 0.1) is 0 Å². The Hall–Kier alpha value is -2.75. The third-order valence-electron chi connectivity index (χ3n) is 3.16. The van der Waals surface area contributed by atoms with Gasteiger partial charge in [0.2, 0.25) is 0 Å². The maximum atomic E-state index is 12.1. The summed E-state index contributed by atoms with van der Waals surface area (Å²) in [7, 11) is 1.60. The van der Waals surface area contributed by atoms with E-state index in [1.54, 1.807) is 31.4 Å². The van der Waals surface area contributed by atoms with E-state index < -0.39 is 5.97 Å². The summed E-state index contributed by atoms with van der Waals surface area (Å²) in [6, 6.07) is 14.5. The molecule has 0 radical (unpaired) electrons. The van der Waals surface area contributed by atoms with E-state index in [2.05, 4.69) is 0 Å². The second-order valence-corrected chi connectivity index (χ2v) is 4.53. The number of carbonyl (C=O) groups excluding carboxylic acids is 1. The topological polar surface area (TPSA) is 44.8 Å². The van der Waals surface area contributed by atoms with Crippen LogP contribution in [-0.4, -0.2) is 19.7 Å². The van der Waals surface area contributed by atoms with E-state index in [0.29, 0.717) is 22.8 Å². The molecular weight excluding hydrogens is 268 g/mol. The van der Waals surface area contributed by atoms with E-state index in [4.69, 9.17) is 14.2 Å². The molecule has 21 heavy (non-hydrogen) atoms. The van der Waals surface area contributed by atoms with Crippen molar-refractivity contribution in [2.24, 2.45) is 0 Å². The molecule has 0 aromatic heterocycles. The molecule has 0 N–H and O–H groups in total. The number of ether oxygens (including phenoxy) is 3. The molecule has 0 atom stereocenters. The monoisotopic (exact) mass is 282 g/mol. The average molecular weight is 282 g/mol. The van der Waals surface area contributed by atoms with E-state index in [-0.39, 0.29) is 6.61 Å². The molecular formula is C17H14O4. The maximum absolute atomic E-state index is 12.1. The summed E-state index contributed by atoms with van der Waals surface area (Å²) in [6.07, 6.45) is 1.75. The summed E-state index contributed by atoms with van der Waals surface area (Å²) >= 11 is 0. The Labute approximate surface area is 122 Å². The van der Waals surface area contributed by atoms with Crippen LogP contribution >= 0.6 is 0 Å². The van der Waals surface area contributed by atoms with Gasteiger partial charge < -0.3 is 14.2 Å². The van der Waals surface area contributed by atoms with Crippen molar-refractivity contribution in [1.29, 1.82) is 0 Å². The van der Waals surface area contributed by atoms with Crippen LogP contribution in [0.4, 0.5) is 0 Å². The lowest BCUT2D eigenvalue weighted by Crippen LogP contribution is -2.04.